The van der Waals surface area contributed by atoms with Crippen LogP contribution in [0.15, 0.2) is 18.2 Å². The SMILES string of the molecule is CC(C)(C)c1nc2ccc(NC(=O)CCN)cc2s1.Cl. The van der Waals surface area contributed by atoms with E-state index in [9.17, 15) is 4.79 Å². The molecule has 0 aliphatic carbocycles. The summed E-state index contributed by atoms with van der Waals surface area (Å²) in [5.74, 6) is -0.0533. The van der Waals surface area contributed by atoms with Gasteiger partial charge in [-0.05, 0) is 18.2 Å². The van der Waals surface area contributed by atoms with Gasteiger partial charge in [-0.1, -0.05) is 20.8 Å². The standard InChI is InChI=1S/C14H19N3OS.ClH/c1-14(2,3)13-17-10-5-4-9(8-11(10)19-13)16-12(18)6-7-15;/h4-5,8H,6-7,15H2,1-3H3,(H,16,18);1H. The van der Waals surface area contributed by atoms with Crippen molar-refractivity contribution in [1.29, 1.82) is 0 Å². The summed E-state index contributed by atoms with van der Waals surface area (Å²) < 4.78 is 1.09. The number of halogens is 1. The molecule has 2 aromatic rings. The summed E-state index contributed by atoms with van der Waals surface area (Å²) in [6.45, 7) is 6.81. The number of carbonyl (C=O) groups excluding carboxylic acids is 1. The number of thiazole rings is 1. The minimum Gasteiger partial charge on any atom is -0.330 e. The van der Waals surface area contributed by atoms with E-state index < -0.39 is 0 Å². The zero-order chi connectivity index (χ0) is 14.0. The number of fused-ring (bicyclic) bond motifs is 1. The Morgan fingerprint density at radius 3 is 2.70 bits per heavy atom. The van der Waals surface area contributed by atoms with E-state index in [4.69, 9.17) is 5.73 Å². The maximum absolute atomic E-state index is 11.5. The normalized spacial score (nSPS) is 11.2. The number of nitrogens with two attached hydrogens (primary N) is 1. The largest absolute Gasteiger partial charge is 0.330 e. The molecule has 1 heterocycles. The topological polar surface area (TPSA) is 68.0 Å². The van der Waals surface area contributed by atoms with Gasteiger partial charge in [0.15, 0.2) is 0 Å². The second-order valence-electron chi connectivity index (χ2n) is 5.54. The van der Waals surface area contributed by atoms with E-state index in [-0.39, 0.29) is 23.7 Å². The van der Waals surface area contributed by atoms with Gasteiger partial charge in [0.2, 0.25) is 5.91 Å². The monoisotopic (exact) mass is 313 g/mol. The van der Waals surface area contributed by atoms with Gasteiger partial charge < -0.3 is 11.1 Å². The summed E-state index contributed by atoms with van der Waals surface area (Å²) in [7, 11) is 0. The number of rotatable bonds is 3. The zero-order valence-electron chi connectivity index (χ0n) is 11.9. The Hall–Kier alpha value is -1.17. The molecule has 6 heteroatoms. The van der Waals surface area contributed by atoms with Crippen LogP contribution in [0, 0.1) is 0 Å². The third-order valence-electron chi connectivity index (χ3n) is 2.69. The number of carbonyl (C=O) groups is 1. The van der Waals surface area contributed by atoms with Gasteiger partial charge in [0.05, 0.1) is 15.2 Å². The van der Waals surface area contributed by atoms with Crippen LogP contribution in [-0.4, -0.2) is 17.4 Å². The third kappa shape index (κ3) is 3.91. The Kier molecular flexibility index (Phi) is 5.50. The summed E-state index contributed by atoms with van der Waals surface area (Å²) in [4.78, 5) is 16.1. The lowest BCUT2D eigenvalue weighted by atomic mass is 9.98. The van der Waals surface area contributed by atoms with Gasteiger partial charge in [-0.2, -0.15) is 0 Å². The fourth-order valence-corrected chi connectivity index (χ4v) is 2.74. The molecule has 2 rings (SSSR count). The Bertz CT molecular complexity index is 604. The van der Waals surface area contributed by atoms with E-state index in [1.165, 1.54) is 0 Å². The smallest absolute Gasteiger partial charge is 0.225 e. The molecule has 110 valence electrons. The van der Waals surface area contributed by atoms with Crippen molar-refractivity contribution in [3.8, 4) is 0 Å². The quantitative estimate of drug-likeness (QED) is 0.913. The molecule has 3 N–H and O–H groups in total. The molecule has 0 spiro atoms. The first-order valence-electron chi connectivity index (χ1n) is 6.31. The Labute approximate surface area is 129 Å². The highest BCUT2D eigenvalue weighted by Gasteiger charge is 2.18. The predicted octanol–water partition coefficient (Wildman–Crippen LogP) is 3.30. The first kappa shape index (κ1) is 16.9. The number of benzene rings is 1. The van der Waals surface area contributed by atoms with Crippen LogP contribution in [0.2, 0.25) is 0 Å². The second-order valence-corrected chi connectivity index (χ2v) is 6.57. The Morgan fingerprint density at radius 2 is 2.10 bits per heavy atom. The van der Waals surface area contributed by atoms with Gasteiger partial charge in [-0.3, -0.25) is 4.79 Å². The van der Waals surface area contributed by atoms with Crippen molar-refractivity contribution >= 4 is 45.6 Å². The highest BCUT2D eigenvalue weighted by molar-refractivity contribution is 7.18. The van der Waals surface area contributed by atoms with Gasteiger partial charge in [-0.25, -0.2) is 4.98 Å². The van der Waals surface area contributed by atoms with Crippen molar-refractivity contribution in [2.75, 3.05) is 11.9 Å². The molecule has 20 heavy (non-hydrogen) atoms. The zero-order valence-corrected chi connectivity index (χ0v) is 13.5. The molecular weight excluding hydrogens is 294 g/mol. The summed E-state index contributed by atoms with van der Waals surface area (Å²) in [6.07, 6.45) is 0.341. The molecule has 0 aliphatic rings. The maximum atomic E-state index is 11.5. The van der Waals surface area contributed by atoms with Crippen molar-refractivity contribution in [3.63, 3.8) is 0 Å². The fraction of sp³-hybridized carbons (Fsp3) is 0.429. The van der Waals surface area contributed by atoms with E-state index >= 15 is 0 Å². The van der Waals surface area contributed by atoms with Crippen LogP contribution in [0.25, 0.3) is 10.2 Å². The maximum Gasteiger partial charge on any atom is 0.225 e. The molecule has 0 saturated heterocycles. The van der Waals surface area contributed by atoms with Crippen molar-refractivity contribution in [2.24, 2.45) is 5.73 Å². The van der Waals surface area contributed by atoms with Crippen LogP contribution in [0.5, 0.6) is 0 Å². The summed E-state index contributed by atoms with van der Waals surface area (Å²) >= 11 is 1.67. The van der Waals surface area contributed by atoms with Crippen LogP contribution in [0.3, 0.4) is 0 Å². The number of nitrogens with one attached hydrogen (secondary N) is 1. The molecular formula is C14H20ClN3OS. The summed E-state index contributed by atoms with van der Waals surface area (Å²) in [5.41, 5.74) is 7.18. The Balaban J connectivity index is 0.00000200. The van der Waals surface area contributed by atoms with Crippen molar-refractivity contribution in [2.45, 2.75) is 32.6 Å². The van der Waals surface area contributed by atoms with Crippen molar-refractivity contribution < 1.29 is 4.79 Å². The number of aromatic nitrogens is 1. The lowest BCUT2D eigenvalue weighted by Crippen LogP contribution is -2.15. The molecule has 0 saturated carbocycles. The van der Waals surface area contributed by atoms with Gasteiger partial charge >= 0.3 is 0 Å². The van der Waals surface area contributed by atoms with Gasteiger partial charge in [0.1, 0.15) is 0 Å². The highest BCUT2D eigenvalue weighted by atomic mass is 35.5. The molecule has 0 bridgehead atoms. The lowest BCUT2D eigenvalue weighted by molar-refractivity contribution is -0.116. The van der Waals surface area contributed by atoms with E-state index in [1.807, 2.05) is 18.2 Å². The van der Waals surface area contributed by atoms with Gasteiger partial charge in [-0.15, -0.1) is 23.7 Å². The number of hydrogen-bond donors (Lipinski definition) is 2. The molecule has 0 aliphatic heterocycles. The van der Waals surface area contributed by atoms with Gasteiger partial charge in [0, 0.05) is 24.1 Å². The Morgan fingerprint density at radius 1 is 1.40 bits per heavy atom. The van der Waals surface area contributed by atoms with Crippen molar-refractivity contribution in [3.05, 3.63) is 23.2 Å². The molecule has 1 aromatic carbocycles. The first-order chi connectivity index (χ1) is 8.90. The second kappa shape index (κ2) is 6.52. The van der Waals surface area contributed by atoms with Gasteiger partial charge in [0.25, 0.3) is 0 Å². The van der Waals surface area contributed by atoms with Crippen LogP contribution >= 0.6 is 23.7 Å². The van der Waals surface area contributed by atoms with E-state index in [0.717, 1.165) is 20.9 Å². The van der Waals surface area contributed by atoms with Crippen molar-refractivity contribution in [1.82, 2.24) is 4.98 Å². The molecule has 1 aromatic heterocycles. The number of anilines is 1. The summed E-state index contributed by atoms with van der Waals surface area (Å²) in [5, 5.41) is 3.95. The number of amides is 1. The van der Waals surface area contributed by atoms with E-state index in [2.05, 4.69) is 31.1 Å². The first-order valence-corrected chi connectivity index (χ1v) is 7.13. The van der Waals surface area contributed by atoms with E-state index in [0.29, 0.717) is 13.0 Å². The predicted molar refractivity (Wildman–Crippen MR) is 87.9 cm³/mol. The minimum atomic E-state index is -0.0533. The average molecular weight is 314 g/mol. The average Bonchev–Trinajstić information content (AvgIpc) is 2.71. The van der Waals surface area contributed by atoms with Crippen LogP contribution in [0.1, 0.15) is 32.2 Å². The minimum absolute atomic E-state index is 0. The van der Waals surface area contributed by atoms with Crippen LogP contribution in [-0.2, 0) is 10.2 Å². The number of nitrogens with zero attached hydrogens (tertiary/aromatic N) is 1. The molecule has 1 amide bonds. The highest BCUT2D eigenvalue weighted by Crippen LogP contribution is 2.32. The fourth-order valence-electron chi connectivity index (χ4n) is 1.68. The third-order valence-corrected chi connectivity index (χ3v) is 4.13. The summed E-state index contributed by atoms with van der Waals surface area (Å²) in [6, 6.07) is 5.79. The molecule has 0 fully saturated rings. The van der Waals surface area contributed by atoms with E-state index in [1.54, 1.807) is 11.3 Å². The lowest BCUT2D eigenvalue weighted by Gasteiger charge is -2.13. The molecule has 0 atom stereocenters. The molecule has 0 radical (unpaired) electrons. The van der Waals surface area contributed by atoms with Crippen LogP contribution in [0.4, 0.5) is 5.69 Å². The molecule has 0 unspecified atom stereocenters. The van der Waals surface area contributed by atoms with Crippen LogP contribution < -0.4 is 11.1 Å². The number of hydrogen-bond acceptors (Lipinski definition) is 4. The molecule has 4 nitrogen and oxygen atoms in total.